The summed E-state index contributed by atoms with van der Waals surface area (Å²) in [6.45, 7) is 0.996. The molecule has 0 bridgehead atoms. The van der Waals surface area contributed by atoms with Crippen LogP contribution < -0.4 is 0 Å². The van der Waals surface area contributed by atoms with Gasteiger partial charge in [0.2, 0.25) is 0 Å². The van der Waals surface area contributed by atoms with Gasteiger partial charge in [0.15, 0.2) is 0 Å². The highest BCUT2D eigenvalue weighted by molar-refractivity contribution is 5.82. The Morgan fingerprint density at radius 1 is 0.696 bits per heavy atom. The molecule has 4 aliphatic rings. The molecule has 0 unspecified atom stereocenters. The average molecular weight is 636 g/mol. The van der Waals surface area contributed by atoms with Crippen LogP contribution in [0, 0.1) is 23.7 Å². The van der Waals surface area contributed by atoms with Gasteiger partial charge in [-0.1, -0.05) is 35.8 Å². The fourth-order valence-electron chi connectivity index (χ4n) is 7.16. The number of fused-ring (bicyclic) bond motifs is 5. The molecule has 46 heavy (non-hydrogen) atoms. The second-order valence-electron chi connectivity index (χ2n) is 12.8. The lowest BCUT2D eigenvalue weighted by Gasteiger charge is -2.39. The summed E-state index contributed by atoms with van der Waals surface area (Å²) in [5, 5.41) is 80.6. The van der Waals surface area contributed by atoms with E-state index in [1.54, 1.807) is 0 Å². The Morgan fingerprint density at radius 2 is 1.17 bits per heavy atom. The standard InChI is InChI=1S/C35H41NO10/c1-36-13-11-35(12-14-36)23-16-19(4-8-25-29(39)33(43)31(41)27(45-25)10-15-37)2-6-21(23)22-7-3-20(17-24(22)35)5-9-26-30(40)34(44)32(42)28(18-38)46-26/h2-3,6-7,16-17,25-34,37-44H,10-15,18H2,1H3/t25-,26-,27-,28-,29-,30-,31-,32-,33-,34-/m1/s1. The number of piperidine rings is 1. The molecule has 3 saturated heterocycles. The molecule has 6 rings (SSSR count). The van der Waals surface area contributed by atoms with Crippen LogP contribution in [0.2, 0.25) is 0 Å². The predicted molar refractivity (Wildman–Crippen MR) is 165 cm³/mol. The molecule has 1 spiro atoms. The minimum absolute atomic E-state index is 0.103. The molecule has 3 aliphatic heterocycles. The lowest BCUT2D eigenvalue weighted by atomic mass is 9.70. The Bertz CT molecular complexity index is 1550. The molecule has 8 N–H and O–H groups in total. The lowest BCUT2D eigenvalue weighted by molar-refractivity contribution is -0.214. The average Bonchev–Trinajstić information content (AvgIpc) is 3.32. The van der Waals surface area contributed by atoms with Gasteiger partial charge in [-0.3, -0.25) is 0 Å². The molecular formula is C35H41NO10. The summed E-state index contributed by atoms with van der Waals surface area (Å²) in [5.74, 6) is 12.0. The largest absolute Gasteiger partial charge is 0.396 e. The van der Waals surface area contributed by atoms with Crippen molar-refractivity contribution < 1.29 is 50.3 Å². The molecule has 1 aliphatic carbocycles. The first-order valence-electron chi connectivity index (χ1n) is 15.7. The van der Waals surface area contributed by atoms with Crippen molar-refractivity contribution in [1.82, 2.24) is 4.90 Å². The minimum atomic E-state index is -1.49. The number of aliphatic hydroxyl groups excluding tert-OH is 8. The van der Waals surface area contributed by atoms with Gasteiger partial charge in [0.05, 0.1) is 12.7 Å². The van der Waals surface area contributed by atoms with Crippen LogP contribution in [0.1, 0.15) is 41.5 Å². The number of benzene rings is 2. The number of hydrogen-bond acceptors (Lipinski definition) is 11. The van der Waals surface area contributed by atoms with Gasteiger partial charge in [0, 0.05) is 23.1 Å². The van der Waals surface area contributed by atoms with Crippen LogP contribution in [-0.4, -0.2) is 140 Å². The van der Waals surface area contributed by atoms with E-state index in [1.807, 2.05) is 24.3 Å². The number of likely N-dealkylation sites (tertiary alicyclic amines) is 1. The smallest absolute Gasteiger partial charge is 0.147 e. The third-order valence-electron chi connectivity index (χ3n) is 9.94. The zero-order chi connectivity index (χ0) is 32.7. The summed E-state index contributed by atoms with van der Waals surface area (Å²) in [6.07, 6.45) is -10.7. The summed E-state index contributed by atoms with van der Waals surface area (Å²) >= 11 is 0. The summed E-state index contributed by atoms with van der Waals surface area (Å²) in [7, 11) is 2.10. The SMILES string of the molecule is CN1CCC2(CC1)c1cc(C#C[C@H]3O[C@H](CO)[C@@H](O)[C@H](O)[C@@H]3O)ccc1-c1ccc(C#C[C@H]3O[C@H](CCO)[C@@H](O)[C@H](O)[C@@H]3O)cc12. The highest BCUT2D eigenvalue weighted by atomic mass is 16.5. The van der Waals surface area contributed by atoms with Gasteiger partial charge in [0.1, 0.15) is 54.9 Å². The van der Waals surface area contributed by atoms with E-state index in [-0.39, 0.29) is 18.4 Å². The van der Waals surface area contributed by atoms with Crippen molar-refractivity contribution in [3.05, 3.63) is 58.7 Å². The van der Waals surface area contributed by atoms with E-state index in [1.165, 1.54) is 0 Å². The highest BCUT2D eigenvalue weighted by Crippen LogP contribution is 2.54. The second kappa shape index (κ2) is 13.3. The molecule has 11 nitrogen and oxygen atoms in total. The van der Waals surface area contributed by atoms with E-state index in [4.69, 9.17) is 9.47 Å². The fraction of sp³-hybridized carbons (Fsp3) is 0.543. The molecule has 10 atom stereocenters. The lowest BCUT2D eigenvalue weighted by Crippen LogP contribution is -2.58. The maximum absolute atomic E-state index is 10.5. The van der Waals surface area contributed by atoms with Gasteiger partial charge < -0.3 is 55.2 Å². The van der Waals surface area contributed by atoms with Crippen molar-refractivity contribution in [1.29, 1.82) is 0 Å². The zero-order valence-corrected chi connectivity index (χ0v) is 25.5. The number of nitrogens with zero attached hydrogens (tertiary/aromatic N) is 1. The van der Waals surface area contributed by atoms with E-state index < -0.39 is 67.6 Å². The van der Waals surface area contributed by atoms with Gasteiger partial charge in [-0.25, -0.2) is 0 Å². The van der Waals surface area contributed by atoms with Gasteiger partial charge in [-0.15, -0.1) is 0 Å². The van der Waals surface area contributed by atoms with Crippen LogP contribution in [0.3, 0.4) is 0 Å². The number of ether oxygens (including phenoxy) is 2. The van der Waals surface area contributed by atoms with Crippen molar-refractivity contribution in [3.63, 3.8) is 0 Å². The Labute approximate surface area is 267 Å². The molecule has 11 heteroatoms. The second-order valence-corrected chi connectivity index (χ2v) is 12.8. The van der Waals surface area contributed by atoms with E-state index in [2.05, 4.69) is 47.8 Å². The number of rotatable bonds is 3. The van der Waals surface area contributed by atoms with Crippen LogP contribution >= 0.6 is 0 Å². The van der Waals surface area contributed by atoms with Crippen LogP contribution in [0.15, 0.2) is 36.4 Å². The molecule has 0 amide bonds. The van der Waals surface area contributed by atoms with Crippen LogP contribution in [0.5, 0.6) is 0 Å². The zero-order valence-electron chi connectivity index (χ0n) is 25.5. The fourth-order valence-corrected chi connectivity index (χ4v) is 7.16. The summed E-state index contributed by atoms with van der Waals surface area (Å²) in [6, 6.07) is 12.0. The molecule has 2 aromatic carbocycles. The molecule has 0 radical (unpaired) electrons. The van der Waals surface area contributed by atoms with Crippen LogP contribution in [0.25, 0.3) is 11.1 Å². The quantitative estimate of drug-likeness (QED) is 0.183. The van der Waals surface area contributed by atoms with E-state index in [0.717, 1.165) is 48.2 Å². The molecule has 2 aromatic rings. The molecular weight excluding hydrogens is 594 g/mol. The van der Waals surface area contributed by atoms with Gasteiger partial charge in [-0.05, 0) is 85.9 Å². The van der Waals surface area contributed by atoms with Crippen LogP contribution in [0.4, 0.5) is 0 Å². The first-order chi connectivity index (χ1) is 22.1. The summed E-state index contributed by atoms with van der Waals surface area (Å²) in [4.78, 5) is 2.29. The maximum Gasteiger partial charge on any atom is 0.147 e. The predicted octanol–water partition coefficient (Wildman–Crippen LogP) is -1.54. The monoisotopic (exact) mass is 635 g/mol. The number of hydrogen-bond donors (Lipinski definition) is 8. The van der Waals surface area contributed by atoms with Crippen LogP contribution in [-0.2, 0) is 14.9 Å². The highest BCUT2D eigenvalue weighted by Gasteiger charge is 2.46. The van der Waals surface area contributed by atoms with Crippen molar-refractivity contribution in [3.8, 4) is 34.8 Å². The van der Waals surface area contributed by atoms with Crippen molar-refractivity contribution in [2.24, 2.45) is 0 Å². The van der Waals surface area contributed by atoms with Crippen molar-refractivity contribution in [2.75, 3.05) is 33.4 Å². The molecule has 246 valence electrons. The third-order valence-corrected chi connectivity index (χ3v) is 9.94. The van der Waals surface area contributed by atoms with Gasteiger partial charge >= 0.3 is 0 Å². The van der Waals surface area contributed by atoms with E-state index >= 15 is 0 Å². The van der Waals surface area contributed by atoms with Gasteiger partial charge in [-0.2, -0.15) is 0 Å². The molecule has 3 fully saturated rings. The Balaban J connectivity index is 1.31. The third kappa shape index (κ3) is 5.88. The Kier molecular flexibility index (Phi) is 9.57. The maximum atomic E-state index is 10.5. The van der Waals surface area contributed by atoms with E-state index in [9.17, 15) is 40.9 Å². The molecule has 0 saturated carbocycles. The first kappa shape index (κ1) is 33.0. The van der Waals surface area contributed by atoms with Gasteiger partial charge in [0.25, 0.3) is 0 Å². The summed E-state index contributed by atoms with van der Waals surface area (Å²) < 4.78 is 11.3. The minimum Gasteiger partial charge on any atom is -0.396 e. The molecule has 3 heterocycles. The summed E-state index contributed by atoms with van der Waals surface area (Å²) in [5.41, 5.74) is 5.56. The Hall–Kier alpha value is -2.88. The van der Waals surface area contributed by atoms with Crippen molar-refractivity contribution >= 4 is 0 Å². The Morgan fingerprint density at radius 3 is 1.65 bits per heavy atom. The topological polar surface area (TPSA) is 184 Å². The number of aliphatic hydroxyl groups is 8. The van der Waals surface area contributed by atoms with E-state index in [0.29, 0.717) is 11.1 Å². The first-order valence-corrected chi connectivity index (χ1v) is 15.7. The van der Waals surface area contributed by atoms with Crippen molar-refractivity contribution in [2.45, 2.75) is 85.7 Å². The normalized spacial score (nSPS) is 35.0. The molecule has 0 aromatic heterocycles.